The van der Waals surface area contributed by atoms with Gasteiger partial charge in [0.1, 0.15) is 0 Å². The van der Waals surface area contributed by atoms with Crippen molar-refractivity contribution in [3.8, 4) is 0 Å². The largest absolute Gasteiger partial charge is 0.394 e. The zero-order valence-electron chi connectivity index (χ0n) is 18.0. The van der Waals surface area contributed by atoms with Gasteiger partial charge in [-0.2, -0.15) is 0 Å². The summed E-state index contributed by atoms with van der Waals surface area (Å²) in [5.74, 6) is -0.0217. The van der Waals surface area contributed by atoms with Crippen LogP contribution < -0.4 is 5.32 Å². The van der Waals surface area contributed by atoms with Crippen LogP contribution in [0.3, 0.4) is 0 Å². The number of allylic oxidation sites excluding steroid dienone is 1. The molecular weight excluding hydrogens is 322 g/mol. The lowest BCUT2D eigenvalue weighted by atomic mass is 9.95. The Morgan fingerprint density at radius 2 is 1.35 bits per heavy atom. The van der Waals surface area contributed by atoms with Gasteiger partial charge in [0.05, 0.1) is 12.6 Å². The van der Waals surface area contributed by atoms with Gasteiger partial charge in [0.2, 0.25) is 5.91 Å². The summed E-state index contributed by atoms with van der Waals surface area (Å²) >= 11 is 0. The molecule has 0 aliphatic rings. The van der Waals surface area contributed by atoms with Crippen molar-refractivity contribution in [2.24, 2.45) is 5.41 Å². The van der Waals surface area contributed by atoms with Crippen LogP contribution in [0.25, 0.3) is 0 Å². The van der Waals surface area contributed by atoms with E-state index < -0.39 is 5.41 Å². The van der Waals surface area contributed by atoms with Gasteiger partial charge in [-0.3, -0.25) is 4.79 Å². The minimum atomic E-state index is -0.420. The predicted octanol–water partition coefficient (Wildman–Crippen LogP) is 6.16. The maximum Gasteiger partial charge on any atom is 0.225 e. The number of aliphatic hydroxyl groups excluding tert-OH is 1. The van der Waals surface area contributed by atoms with Gasteiger partial charge < -0.3 is 10.4 Å². The fraction of sp³-hybridized carbons (Fsp3) is 0.870. The number of aliphatic hydroxyl groups is 1. The summed E-state index contributed by atoms with van der Waals surface area (Å²) in [7, 11) is 0. The Bertz CT molecular complexity index is 358. The molecule has 0 aromatic rings. The standard InChI is InChI=1S/C23H45NO2/c1-5-6-7-8-9-10-11-12-13-14-15-16-17-18-19-21(20-25)24-22(26)23(2,3)4/h18-19,21,25H,5-17,20H2,1-4H3,(H,24,26)/b19-18-/t21-/m1/s1. The quantitative estimate of drug-likeness (QED) is 0.254. The summed E-state index contributed by atoms with van der Waals surface area (Å²) < 4.78 is 0. The summed E-state index contributed by atoms with van der Waals surface area (Å²) in [6, 6.07) is -0.265. The molecule has 1 amide bonds. The van der Waals surface area contributed by atoms with Crippen LogP contribution in [-0.4, -0.2) is 23.7 Å². The van der Waals surface area contributed by atoms with Crippen molar-refractivity contribution in [1.29, 1.82) is 0 Å². The van der Waals surface area contributed by atoms with Gasteiger partial charge in [0.25, 0.3) is 0 Å². The first-order valence-corrected chi connectivity index (χ1v) is 11.0. The van der Waals surface area contributed by atoms with Gasteiger partial charge in [-0.1, -0.05) is 110 Å². The van der Waals surface area contributed by atoms with Crippen molar-refractivity contribution in [1.82, 2.24) is 5.32 Å². The molecule has 0 fully saturated rings. The molecule has 3 nitrogen and oxygen atoms in total. The lowest BCUT2D eigenvalue weighted by Crippen LogP contribution is -2.42. The molecular formula is C23H45NO2. The van der Waals surface area contributed by atoms with E-state index in [-0.39, 0.29) is 18.6 Å². The van der Waals surface area contributed by atoms with Gasteiger partial charge in [-0.15, -0.1) is 0 Å². The highest BCUT2D eigenvalue weighted by molar-refractivity contribution is 5.81. The fourth-order valence-corrected chi connectivity index (χ4v) is 2.90. The third kappa shape index (κ3) is 15.4. The highest BCUT2D eigenvalue weighted by Gasteiger charge is 2.22. The lowest BCUT2D eigenvalue weighted by Gasteiger charge is -2.21. The van der Waals surface area contributed by atoms with Crippen LogP contribution in [0.2, 0.25) is 0 Å². The maximum atomic E-state index is 11.9. The third-order valence-corrected chi connectivity index (χ3v) is 4.79. The van der Waals surface area contributed by atoms with E-state index in [1.165, 1.54) is 77.0 Å². The molecule has 26 heavy (non-hydrogen) atoms. The van der Waals surface area contributed by atoms with Gasteiger partial charge in [0.15, 0.2) is 0 Å². The molecule has 0 aromatic carbocycles. The zero-order valence-corrected chi connectivity index (χ0v) is 18.0. The van der Waals surface area contributed by atoms with Crippen LogP contribution in [0.15, 0.2) is 12.2 Å². The van der Waals surface area contributed by atoms with Crippen LogP contribution >= 0.6 is 0 Å². The summed E-state index contributed by atoms with van der Waals surface area (Å²) in [5.41, 5.74) is -0.420. The minimum absolute atomic E-state index is 0.0217. The first kappa shape index (κ1) is 25.2. The second kappa shape index (κ2) is 16.4. The molecule has 154 valence electrons. The van der Waals surface area contributed by atoms with E-state index in [0.717, 1.165) is 6.42 Å². The summed E-state index contributed by atoms with van der Waals surface area (Å²) in [5, 5.41) is 12.3. The number of hydrogen-bond acceptors (Lipinski definition) is 2. The SMILES string of the molecule is CCCCCCCCCCCCCC/C=C\[C@H](CO)NC(=O)C(C)(C)C. The van der Waals surface area contributed by atoms with Crippen LogP contribution in [0.5, 0.6) is 0 Å². The topological polar surface area (TPSA) is 49.3 Å². The van der Waals surface area contributed by atoms with Gasteiger partial charge in [-0.25, -0.2) is 0 Å². The van der Waals surface area contributed by atoms with E-state index in [9.17, 15) is 9.90 Å². The van der Waals surface area contributed by atoms with E-state index in [4.69, 9.17) is 0 Å². The van der Waals surface area contributed by atoms with Crippen LogP contribution in [-0.2, 0) is 4.79 Å². The summed E-state index contributed by atoms with van der Waals surface area (Å²) in [6.45, 7) is 7.87. The molecule has 0 saturated carbocycles. The van der Waals surface area contributed by atoms with E-state index >= 15 is 0 Å². The molecule has 0 radical (unpaired) electrons. The van der Waals surface area contributed by atoms with Crippen LogP contribution in [0.4, 0.5) is 0 Å². The van der Waals surface area contributed by atoms with Crippen LogP contribution in [0, 0.1) is 5.41 Å². The average Bonchev–Trinajstić information content (AvgIpc) is 2.59. The van der Waals surface area contributed by atoms with E-state index in [2.05, 4.69) is 18.3 Å². The highest BCUT2D eigenvalue weighted by atomic mass is 16.3. The Labute approximate surface area is 163 Å². The smallest absolute Gasteiger partial charge is 0.225 e. The number of hydrogen-bond donors (Lipinski definition) is 2. The third-order valence-electron chi connectivity index (χ3n) is 4.79. The Morgan fingerprint density at radius 3 is 1.77 bits per heavy atom. The molecule has 0 aliphatic carbocycles. The molecule has 1 atom stereocenters. The first-order chi connectivity index (χ1) is 12.4. The van der Waals surface area contributed by atoms with Crippen LogP contribution in [0.1, 0.15) is 111 Å². The fourth-order valence-electron chi connectivity index (χ4n) is 2.90. The van der Waals surface area contributed by atoms with Crippen molar-refractivity contribution in [3.63, 3.8) is 0 Å². The number of unbranched alkanes of at least 4 members (excludes halogenated alkanes) is 12. The predicted molar refractivity (Wildman–Crippen MR) is 113 cm³/mol. The molecule has 0 aromatic heterocycles. The molecule has 0 bridgehead atoms. The van der Waals surface area contributed by atoms with Gasteiger partial charge >= 0.3 is 0 Å². The monoisotopic (exact) mass is 367 g/mol. The number of rotatable bonds is 16. The molecule has 0 aliphatic heterocycles. The number of carbonyl (C=O) groups excluding carboxylic acids is 1. The second-order valence-electron chi connectivity index (χ2n) is 8.62. The molecule has 3 heteroatoms. The van der Waals surface area contributed by atoms with Gasteiger partial charge in [0, 0.05) is 5.41 Å². The van der Waals surface area contributed by atoms with Crippen molar-refractivity contribution in [3.05, 3.63) is 12.2 Å². The Kier molecular flexibility index (Phi) is 15.8. The highest BCUT2D eigenvalue weighted by Crippen LogP contribution is 2.14. The Morgan fingerprint density at radius 1 is 0.885 bits per heavy atom. The molecule has 0 unspecified atom stereocenters. The summed E-state index contributed by atoms with van der Waals surface area (Å²) in [6.07, 6.45) is 21.4. The average molecular weight is 368 g/mol. The molecule has 0 saturated heterocycles. The number of carbonyl (C=O) groups is 1. The maximum absolute atomic E-state index is 11.9. The Hall–Kier alpha value is -0.830. The second-order valence-corrected chi connectivity index (χ2v) is 8.62. The van der Waals surface area contributed by atoms with E-state index in [1.54, 1.807) is 0 Å². The minimum Gasteiger partial charge on any atom is -0.394 e. The first-order valence-electron chi connectivity index (χ1n) is 11.0. The van der Waals surface area contributed by atoms with Crippen molar-refractivity contribution in [2.45, 2.75) is 117 Å². The van der Waals surface area contributed by atoms with E-state index in [0.29, 0.717) is 0 Å². The zero-order chi connectivity index (χ0) is 19.7. The van der Waals surface area contributed by atoms with Crippen molar-refractivity contribution >= 4 is 5.91 Å². The van der Waals surface area contributed by atoms with Gasteiger partial charge in [-0.05, 0) is 12.8 Å². The lowest BCUT2D eigenvalue weighted by molar-refractivity contribution is -0.129. The number of nitrogens with one attached hydrogen (secondary N) is 1. The normalized spacial score (nSPS) is 13.3. The number of amides is 1. The van der Waals surface area contributed by atoms with Crippen molar-refractivity contribution in [2.75, 3.05) is 6.61 Å². The molecule has 0 heterocycles. The molecule has 0 rings (SSSR count). The van der Waals surface area contributed by atoms with Crippen molar-refractivity contribution < 1.29 is 9.90 Å². The van der Waals surface area contributed by atoms with E-state index in [1.807, 2.05) is 26.8 Å². The summed E-state index contributed by atoms with van der Waals surface area (Å²) in [4.78, 5) is 11.9. The molecule has 0 spiro atoms. The molecule has 2 N–H and O–H groups in total. The Balaban J connectivity index is 3.53.